The number of aromatic hydroxyl groups is 1. The van der Waals surface area contributed by atoms with E-state index in [0.29, 0.717) is 24.5 Å². The van der Waals surface area contributed by atoms with E-state index in [0.717, 1.165) is 44.4 Å². The van der Waals surface area contributed by atoms with Crippen LogP contribution in [0.3, 0.4) is 0 Å². The average molecular weight is 344 g/mol. The number of hydrogen-bond donors (Lipinski definition) is 2. The van der Waals surface area contributed by atoms with Crippen LogP contribution in [0.2, 0.25) is 0 Å². The van der Waals surface area contributed by atoms with E-state index in [1.54, 1.807) is 12.1 Å². The van der Waals surface area contributed by atoms with Crippen molar-refractivity contribution < 1.29 is 14.6 Å². The van der Waals surface area contributed by atoms with E-state index in [-0.39, 0.29) is 17.8 Å². The minimum atomic E-state index is 0.0533. The van der Waals surface area contributed by atoms with Crippen LogP contribution in [0.15, 0.2) is 24.3 Å². The largest absolute Gasteiger partial charge is 0.508 e. The Hall–Kier alpha value is -1.75. The lowest BCUT2D eigenvalue weighted by Crippen LogP contribution is -2.50. The molecular weight excluding hydrogens is 316 g/mol. The van der Waals surface area contributed by atoms with Crippen LogP contribution in [0.1, 0.15) is 44.1 Å². The second-order valence-electron chi connectivity index (χ2n) is 7.84. The molecule has 2 N–H and O–H groups in total. The Morgan fingerprint density at radius 1 is 1.16 bits per heavy atom. The van der Waals surface area contributed by atoms with Crippen molar-refractivity contribution in [2.24, 2.45) is 11.8 Å². The first-order chi connectivity index (χ1) is 12.2. The number of phenols is 1. The smallest absolute Gasteiger partial charge is 0.317 e. The Labute approximate surface area is 149 Å². The fourth-order valence-electron chi connectivity index (χ4n) is 4.26. The SMILES string of the molecule is O=C(N[C@@H]1CCC[C@@H]2OCC[C@@H]21)N(Cc1ccc(O)cc1)CC1CC1. The molecule has 136 valence electrons. The number of ether oxygens (including phenoxy) is 1. The van der Waals surface area contributed by atoms with Gasteiger partial charge in [0.25, 0.3) is 0 Å². The van der Waals surface area contributed by atoms with Crippen LogP contribution in [0.5, 0.6) is 5.75 Å². The lowest BCUT2D eigenvalue weighted by Gasteiger charge is -2.35. The van der Waals surface area contributed by atoms with Crippen LogP contribution in [-0.2, 0) is 11.3 Å². The monoisotopic (exact) mass is 344 g/mol. The number of urea groups is 1. The summed E-state index contributed by atoms with van der Waals surface area (Å²) in [6.07, 6.45) is 7.18. The van der Waals surface area contributed by atoms with Gasteiger partial charge in [0.2, 0.25) is 0 Å². The van der Waals surface area contributed by atoms with E-state index < -0.39 is 0 Å². The van der Waals surface area contributed by atoms with Crippen molar-refractivity contribution in [3.8, 4) is 5.75 Å². The summed E-state index contributed by atoms with van der Waals surface area (Å²) in [5, 5.41) is 12.8. The number of carbonyl (C=O) groups excluding carboxylic acids is 1. The number of phenolic OH excluding ortho intramolecular Hbond substituents is 1. The Morgan fingerprint density at radius 3 is 2.72 bits per heavy atom. The average Bonchev–Trinajstić information content (AvgIpc) is 3.29. The molecule has 1 heterocycles. The molecule has 0 unspecified atom stereocenters. The highest BCUT2D eigenvalue weighted by Gasteiger charge is 2.39. The zero-order valence-electron chi connectivity index (χ0n) is 14.7. The third-order valence-corrected chi connectivity index (χ3v) is 5.86. The van der Waals surface area contributed by atoms with Crippen LogP contribution in [0, 0.1) is 11.8 Å². The number of hydrogen-bond acceptors (Lipinski definition) is 3. The first kappa shape index (κ1) is 16.7. The molecule has 5 nitrogen and oxygen atoms in total. The number of amides is 2. The van der Waals surface area contributed by atoms with Gasteiger partial charge in [-0.25, -0.2) is 4.79 Å². The van der Waals surface area contributed by atoms with Crippen LogP contribution in [0.4, 0.5) is 4.79 Å². The minimum Gasteiger partial charge on any atom is -0.508 e. The van der Waals surface area contributed by atoms with Gasteiger partial charge in [0.1, 0.15) is 5.75 Å². The molecule has 1 aromatic carbocycles. The normalized spacial score (nSPS) is 28.4. The molecule has 4 rings (SSSR count). The van der Waals surface area contributed by atoms with Crippen molar-refractivity contribution in [2.45, 2.75) is 57.2 Å². The molecule has 3 aliphatic rings. The summed E-state index contributed by atoms with van der Waals surface area (Å²) in [7, 11) is 0. The van der Waals surface area contributed by atoms with Crippen LogP contribution in [-0.4, -0.2) is 41.3 Å². The molecule has 1 aromatic rings. The fraction of sp³-hybridized carbons (Fsp3) is 0.650. The van der Waals surface area contributed by atoms with Crippen molar-refractivity contribution in [3.63, 3.8) is 0 Å². The number of nitrogens with one attached hydrogen (secondary N) is 1. The summed E-state index contributed by atoms with van der Waals surface area (Å²) in [6.45, 7) is 2.25. The first-order valence-corrected chi connectivity index (χ1v) is 9.64. The summed E-state index contributed by atoms with van der Waals surface area (Å²) in [4.78, 5) is 14.9. The molecule has 5 heteroatoms. The summed E-state index contributed by atoms with van der Waals surface area (Å²) >= 11 is 0. The molecule has 0 spiro atoms. The molecule has 0 aromatic heterocycles. The Morgan fingerprint density at radius 2 is 1.96 bits per heavy atom. The standard InChI is InChI=1S/C20H28N2O3/c23-16-8-6-15(7-9-16)13-22(12-14-4-5-14)20(24)21-18-2-1-3-19-17(18)10-11-25-19/h6-9,14,17-19,23H,1-5,10-13H2,(H,21,24)/t17-,18-,19+/m1/s1. The third-order valence-electron chi connectivity index (χ3n) is 5.86. The minimum absolute atomic E-state index is 0.0533. The van der Waals surface area contributed by atoms with Crippen molar-refractivity contribution in [1.82, 2.24) is 10.2 Å². The molecular formula is C20H28N2O3. The van der Waals surface area contributed by atoms with Gasteiger partial charge in [0.05, 0.1) is 6.10 Å². The lowest BCUT2D eigenvalue weighted by atomic mass is 9.82. The maximum absolute atomic E-state index is 13.0. The number of fused-ring (bicyclic) bond motifs is 1. The number of nitrogens with zero attached hydrogens (tertiary/aromatic N) is 1. The van der Waals surface area contributed by atoms with Gasteiger partial charge < -0.3 is 20.1 Å². The predicted octanol–water partition coefficient (Wildman–Crippen LogP) is 3.27. The first-order valence-electron chi connectivity index (χ1n) is 9.64. The van der Waals surface area contributed by atoms with Crippen molar-refractivity contribution in [3.05, 3.63) is 29.8 Å². The quantitative estimate of drug-likeness (QED) is 0.862. The lowest BCUT2D eigenvalue weighted by molar-refractivity contribution is 0.0536. The highest BCUT2D eigenvalue weighted by molar-refractivity contribution is 5.74. The molecule has 2 saturated carbocycles. The molecule has 3 fully saturated rings. The molecule has 0 radical (unpaired) electrons. The van der Waals surface area contributed by atoms with Crippen LogP contribution >= 0.6 is 0 Å². The molecule has 2 aliphatic carbocycles. The van der Waals surface area contributed by atoms with Gasteiger partial charge in [0, 0.05) is 31.7 Å². The van der Waals surface area contributed by atoms with Crippen LogP contribution in [0.25, 0.3) is 0 Å². The zero-order valence-corrected chi connectivity index (χ0v) is 14.7. The second-order valence-corrected chi connectivity index (χ2v) is 7.84. The van der Waals surface area contributed by atoms with E-state index in [2.05, 4.69) is 5.32 Å². The molecule has 3 atom stereocenters. The van der Waals surface area contributed by atoms with Crippen LogP contribution < -0.4 is 5.32 Å². The van der Waals surface area contributed by atoms with Crippen molar-refractivity contribution >= 4 is 6.03 Å². The summed E-state index contributed by atoms with van der Waals surface area (Å²) in [6, 6.07) is 7.45. The maximum atomic E-state index is 13.0. The molecule has 25 heavy (non-hydrogen) atoms. The van der Waals surface area contributed by atoms with Gasteiger partial charge in [-0.2, -0.15) is 0 Å². The molecule has 2 amide bonds. The summed E-state index contributed by atoms with van der Waals surface area (Å²) < 4.78 is 5.82. The number of carbonyl (C=O) groups is 1. The van der Waals surface area contributed by atoms with Gasteiger partial charge in [-0.1, -0.05) is 12.1 Å². The number of rotatable bonds is 5. The van der Waals surface area contributed by atoms with E-state index in [1.165, 1.54) is 12.8 Å². The molecule has 1 saturated heterocycles. The van der Waals surface area contributed by atoms with Gasteiger partial charge in [-0.15, -0.1) is 0 Å². The van der Waals surface area contributed by atoms with Gasteiger partial charge in [-0.05, 0) is 62.1 Å². The van der Waals surface area contributed by atoms with E-state index in [1.807, 2.05) is 17.0 Å². The molecule has 1 aliphatic heterocycles. The van der Waals surface area contributed by atoms with E-state index in [4.69, 9.17) is 4.74 Å². The summed E-state index contributed by atoms with van der Waals surface area (Å²) in [5.41, 5.74) is 1.05. The Kier molecular flexibility index (Phi) is 4.84. The van der Waals surface area contributed by atoms with E-state index in [9.17, 15) is 9.90 Å². The van der Waals surface area contributed by atoms with Crippen molar-refractivity contribution in [1.29, 1.82) is 0 Å². The fourth-order valence-corrected chi connectivity index (χ4v) is 4.26. The highest BCUT2D eigenvalue weighted by atomic mass is 16.5. The topological polar surface area (TPSA) is 61.8 Å². The predicted molar refractivity (Wildman–Crippen MR) is 95.3 cm³/mol. The third kappa shape index (κ3) is 4.09. The highest BCUT2D eigenvalue weighted by Crippen LogP contribution is 2.35. The second kappa shape index (κ2) is 7.24. The van der Waals surface area contributed by atoms with E-state index >= 15 is 0 Å². The number of benzene rings is 1. The van der Waals surface area contributed by atoms with Crippen molar-refractivity contribution in [2.75, 3.05) is 13.2 Å². The van der Waals surface area contributed by atoms with Gasteiger partial charge in [0.15, 0.2) is 0 Å². The maximum Gasteiger partial charge on any atom is 0.317 e. The Bertz CT molecular complexity index is 599. The van der Waals surface area contributed by atoms with Gasteiger partial charge >= 0.3 is 6.03 Å². The zero-order chi connectivity index (χ0) is 17.2. The summed E-state index contributed by atoms with van der Waals surface area (Å²) in [5.74, 6) is 1.39. The van der Waals surface area contributed by atoms with Gasteiger partial charge in [-0.3, -0.25) is 0 Å². The Balaban J connectivity index is 1.41. The molecule has 0 bridgehead atoms.